The van der Waals surface area contributed by atoms with Crippen LogP contribution in [-0.4, -0.2) is 24.1 Å². The van der Waals surface area contributed by atoms with E-state index in [0.29, 0.717) is 0 Å². The Bertz CT molecular complexity index is 1110. The summed E-state index contributed by atoms with van der Waals surface area (Å²) >= 11 is 0. The van der Waals surface area contributed by atoms with Gasteiger partial charge in [-0.25, -0.2) is 0 Å². The Labute approximate surface area is 284 Å². The van der Waals surface area contributed by atoms with Crippen molar-refractivity contribution in [3.8, 4) is 0 Å². The molecular weight excluding hydrogens is 522 g/mol. The Morgan fingerprint density at radius 2 is 1.02 bits per heavy atom. The molecule has 43 heavy (non-hydrogen) atoms. The summed E-state index contributed by atoms with van der Waals surface area (Å²) in [5.74, 6) is 0.0752. The van der Waals surface area contributed by atoms with Gasteiger partial charge in [-0.15, -0.1) is 6.61 Å². The zero-order chi connectivity index (χ0) is 30.1. The molecule has 6 heteroatoms. The van der Waals surface area contributed by atoms with Gasteiger partial charge in [0.1, 0.15) is 5.60 Å². The molecular formula is C37H44Li2O4. The first-order valence-electron chi connectivity index (χ1n) is 12.8. The second-order valence-corrected chi connectivity index (χ2v) is 7.67. The van der Waals surface area contributed by atoms with Gasteiger partial charge >= 0.3 is 37.7 Å². The molecule has 0 spiro atoms. The van der Waals surface area contributed by atoms with Crippen LogP contribution in [0.5, 0.6) is 0 Å². The van der Waals surface area contributed by atoms with Crippen molar-refractivity contribution in [1.29, 1.82) is 0 Å². The molecule has 0 heterocycles. The minimum Gasteiger partial charge on any atom is -0.855 e. The van der Waals surface area contributed by atoms with Crippen molar-refractivity contribution in [3.05, 3.63) is 182 Å². The van der Waals surface area contributed by atoms with Crippen LogP contribution >= 0.6 is 0 Å². The van der Waals surface area contributed by atoms with Crippen molar-refractivity contribution in [1.82, 2.24) is 0 Å². The molecule has 0 aliphatic rings. The van der Waals surface area contributed by atoms with Crippen molar-refractivity contribution in [2.75, 3.05) is 13.2 Å². The summed E-state index contributed by atoms with van der Waals surface area (Å²) < 4.78 is 4.60. The molecule has 0 saturated carbocycles. The number of ketones is 1. The number of benzene rings is 4. The summed E-state index contributed by atoms with van der Waals surface area (Å²) in [5.41, 5.74) is 2.02. The van der Waals surface area contributed by atoms with E-state index >= 15 is 0 Å². The normalized spacial score (nSPS) is 8.56. The first-order valence-corrected chi connectivity index (χ1v) is 12.8. The second-order valence-electron chi connectivity index (χ2n) is 7.67. The number of carbonyl (C=O) groups is 1. The molecule has 0 amide bonds. The Morgan fingerprint density at radius 1 is 0.744 bits per heavy atom. The molecule has 0 saturated heterocycles. The molecule has 0 atom stereocenters. The van der Waals surface area contributed by atoms with E-state index in [2.05, 4.69) is 31.1 Å². The molecule has 4 aromatic carbocycles. The van der Waals surface area contributed by atoms with Crippen LogP contribution in [0.25, 0.3) is 0 Å². The Morgan fingerprint density at radius 3 is 1.23 bits per heavy atom. The van der Waals surface area contributed by atoms with E-state index in [-0.39, 0.29) is 57.5 Å². The van der Waals surface area contributed by atoms with E-state index in [1.54, 1.807) is 13.0 Å². The molecule has 1 N–H and O–H groups in total. The van der Waals surface area contributed by atoms with E-state index in [9.17, 15) is 9.90 Å². The zero-order valence-electron chi connectivity index (χ0n) is 25.5. The fourth-order valence-corrected chi connectivity index (χ4v) is 3.25. The van der Waals surface area contributed by atoms with Gasteiger partial charge in [-0.05, 0) is 18.1 Å². The molecule has 0 radical (unpaired) electrons. The van der Waals surface area contributed by atoms with Crippen molar-refractivity contribution in [2.45, 2.75) is 26.9 Å². The third-order valence-electron chi connectivity index (χ3n) is 5.08. The standard InChI is InChI=1S/C15H14O.C13H10O.C4H8O.C2H5O.C2H3.CH4.2Li/c1-2-15(16,13-9-5-3-6-10-13)14-11-7-4-8-12-14;14-13(11-7-3-1-4-8-11)12-9-5-2-6-10-12;1-3-5-4-2;1-2-3;1-2;;;/h2-12,16H,1H2;1-10H;3H,1,4H2,2H3;2H2,1H3;1H,2H2;1H4;;/q;;;2*-1;;2*+1. The molecule has 4 aromatic rings. The summed E-state index contributed by atoms with van der Waals surface area (Å²) in [6, 6.07) is 37.7. The van der Waals surface area contributed by atoms with Crippen molar-refractivity contribution in [3.63, 3.8) is 0 Å². The van der Waals surface area contributed by atoms with Crippen LogP contribution in [0.2, 0.25) is 0 Å². The van der Waals surface area contributed by atoms with Gasteiger partial charge in [-0.2, -0.15) is 0 Å². The van der Waals surface area contributed by atoms with Crippen molar-refractivity contribution < 1.29 is 57.5 Å². The maximum atomic E-state index is 11.8. The van der Waals surface area contributed by atoms with Crippen LogP contribution in [0.15, 0.2) is 153 Å². The van der Waals surface area contributed by atoms with Crippen LogP contribution in [0.1, 0.15) is 48.3 Å². The van der Waals surface area contributed by atoms with E-state index < -0.39 is 5.60 Å². The van der Waals surface area contributed by atoms with Crippen LogP contribution in [-0.2, 0) is 10.3 Å². The summed E-state index contributed by atoms with van der Waals surface area (Å²) in [6.45, 7) is 18.3. The van der Waals surface area contributed by atoms with E-state index in [4.69, 9.17) is 5.11 Å². The zero-order valence-corrected chi connectivity index (χ0v) is 25.5. The largest absolute Gasteiger partial charge is 1.00 e. The molecule has 4 nitrogen and oxygen atoms in total. The number of ether oxygens (including phenoxy) is 1. The number of rotatable bonds is 7. The third kappa shape index (κ3) is 18.1. The topological polar surface area (TPSA) is 69.6 Å². The third-order valence-corrected chi connectivity index (χ3v) is 5.08. The first kappa shape index (κ1) is 46.6. The van der Waals surface area contributed by atoms with Gasteiger partial charge in [0.2, 0.25) is 0 Å². The molecule has 0 fully saturated rings. The van der Waals surface area contributed by atoms with Gasteiger partial charge < -0.3 is 21.5 Å². The molecule has 0 aliphatic heterocycles. The summed E-state index contributed by atoms with van der Waals surface area (Å²) in [7, 11) is 0. The van der Waals surface area contributed by atoms with Crippen molar-refractivity contribution >= 4 is 5.78 Å². The molecule has 0 aromatic heterocycles. The van der Waals surface area contributed by atoms with Crippen LogP contribution in [0, 0.1) is 6.58 Å². The predicted molar refractivity (Wildman–Crippen MR) is 171 cm³/mol. The maximum Gasteiger partial charge on any atom is 1.00 e. The van der Waals surface area contributed by atoms with E-state index in [1.165, 1.54) is 6.26 Å². The monoisotopic (exact) mass is 566 g/mol. The minimum absolute atomic E-state index is 0. The molecule has 0 bridgehead atoms. The Kier molecular flexibility index (Phi) is 32.7. The summed E-state index contributed by atoms with van der Waals surface area (Å²) in [4.78, 5) is 11.8. The van der Waals surface area contributed by atoms with Crippen molar-refractivity contribution in [2.24, 2.45) is 0 Å². The minimum atomic E-state index is -1.11. The Hall–Kier alpha value is -3.32. The average Bonchev–Trinajstić information content (AvgIpc) is 3.04. The smallest absolute Gasteiger partial charge is 0.855 e. The van der Waals surface area contributed by atoms with Gasteiger partial charge in [0.15, 0.2) is 5.78 Å². The van der Waals surface area contributed by atoms with Crippen LogP contribution in [0.4, 0.5) is 0 Å². The maximum absolute atomic E-state index is 11.8. The fourth-order valence-electron chi connectivity index (χ4n) is 3.25. The fraction of sp³-hybridized carbons (Fsp3) is 0.162. The SMILES string of the molecule is C.C=CC(O)(c1ccccc1)c1ccccc1.C=COCC.CC[O-].O=C(c1ccccc1)c1ccccc1.[CH-]=C.[Li+].[Li+]. The predicted octanol–water partition coefficient (Wildman–Crippen LogP) is 1.81. The molecule has 4 rings (SSSR count). The van der Waals surface area contributed by atoms with Crippen LogP contribution < -0.4 is 42.8 Å². The van der Waals surface area contributed by atoms with Crippen LogP contribution in [0.3, 0.4) is 0 Å². The number of aliphatic hydroxyl groups is 1. The number of hydrogen-bond acceptors (Lipinski definition) is 4. The number of hydrogen-bond donors (Lipinski definition) is 1. The number of carbonyl (C=O) groups excluding carboxylic acids is 1. The molecule has 218 valence electrons. The Balaban J connectivity index is -0.000000259. The first-order chi connectivity index (χ1) is 19.5. The average molecular weight is 567 g/mol. The van der Waals surface area contributed by atoms with Gasteiger partial charge in [0.25, 0.3) is 0 Å². The summed E-state index contributed by atoms with van der Waals surface area (Å²) in [6.07, 6.45) is 3.00. The van der Waals surface area contributed by atoms with E-state index in [1.807, 2.05) is 128 Å². The van der Waals surface area contributed by atoms with Gasteiger partial charge in [0, 0.05) is 11.1 Å². The molecule has 0 aliphatic carbocycles. The van der Waals surface area contributed by atoms with E-state index in [0.717, 1.165) is 28.9 Å². The summed E-state index contributed by atoms with van der Waals surface area (Å²) in [5, 5.41) is 19.6. The van der Waals surface area contributed by atoms with Gasteiger partial charge in [-0.3, -0.25) is 11.4 Å². The van der Waals surface area contributed by atoms with Gasteiger partial charge in [-0.1, -0.05) is 155 Å². The molecule has 0 unspecified atom stereocenters. The second kappa shape index (κ2) is 30.2. The quantitative estimate of drug-likeness (QED) is 0.122. The van der Waals surface area contributed by atoms with Gasteiger partial charge in [0.05, 0.1) is 12.9 Å².